The summed E-state index contributed by atoms with van der Waals surface area (Å²) in [4.78, 5) is 23.9. The predicted octanol–water partition coefficient (Wildman–Crippen LogP) is 3.35. The van der Waals surface area contributed by atoms with E-state index in [0.717, 1.165) is 17.1 Å². The molecule has 2 aromatic heterocycles. The molecule has 0 atom stereocenters. The number of nitrogens with zero attached hydrogens (tertiary/aromatic N) is 3. The average Bonchev–Trinajstić information content (AvgIpc) is 3.04. The SMILES string of the molecule is Cc1ncsc1CCN(C)C(=O)c1csc(C(C)C)n1. The average molecular weight is 309 g/mol. The van der Waals surface area contributed by atoms with Crippen molar-refractivity contribution in [3.05, 3.63) is 32.2 Å². The van der Waals surface area contributed by atoms with Crippen molar-refractivity contribution in [1.29, 1.82) is 0 Å². The van der Waals surface area contributed by atoms with Crippen LogP contribution in [0.3, 0.4) is 0 Å². The number of carbonyl (C=O) groups is 1. The minimum absolute atomic E-state index is 0.00433. The van der Waals surface area contributed by atoms with Gasteiger partial charge in [0.1, 0.15) is 5.69 Å². The van der Waals surface area contributed by atoms with Gasteiger partial charge in [-0.25, -0.2) is 9.97 Å². The largest absolute Gasteiger partial charge is 0.340 e. The molecule has 108 valence electrons. The third kappa shape index (κ3) is 3.43. The molecule has 0 saturated carbocycles. The van der Waals surface area contributed by atoms with Crippen LogP contribution in [0.15, 0.2) is 10.9 Å². The lowest BCUT2D eigenvalue weighted by molar-refractivity contribution is 0.0791. The molecule has 0 aliphatic carbocycles. The maximum Gasteiger partial charge on any atom is 0.273 e. The molecule has 0 radical (unpaired) electrons. The second kappa shape index (κ2) is 6.45. The highest BCUT2D eigenvalue weighted by molar-refractivity contribution is 7.10. The molecule has 2 aromatic rings. The van der Waals surface area contributed by atoms with Gasteiger partial charge in [-0.15, -0.1) is 22.7 Å². The number of thiazole rings is 2. The molecule has 0 aliphatic heterocycles. The number of aryl methyl sites for hydroxylation is 1. The molecule has 0 spiro atoms. The topological polar surface area (TPSA) is 46.1 Å². The van der Waals surface area contributed by atoms with Crippen LogP contribution in [0.4, 0.5) is 0 Å². The Morgan fingerprint density at radius 1 is 1.40 bits per heavy atom. The number of hydrogen-bond donors (Lipinski definition) is 0. The van der Waals surface area contributed by atoms with Crippen molar-refractivity contribution in [3.8, 4) is 0 Å². The van der Waals surface area contributed by atoms with E-state index >= 15 is 0 Å². The fraction of sp³-hybridized carbons (Fsp3) is 0.500. The Bertz CT molecular complexity index is 589. The van der Waals surface area contributed by atoms with E-state index in [-0.39, 0.29) is 5.91 Å². The van der Waals surface area contributed by atoms with E-state index in [1.165, 1.54) is 4.88 Å². The normalized spacial score (nSPS) is 11.1. The summed E-state index contributed by atoms with van der Waals surface area (Å²) in [6.45, 7) is 6.87. The van der Waals surface area contributed by atoms with E-state index in [2.05, 4.69) is 23.8 Å². The summed E-state index contributed by atoms with van der Waals surface area (Å²) >= 11 is 3.20. The maximum absolute atomic E-state index is 12.3. The molecule has 0 unspecified atom stereocenters. The van der Waals surface area contributed by atoms with Crippen LogP contribution in [0.25, 0.3) is 0 Å². The zero-order valence-corrected chi connectivity index (χ0v) is 13.8. The van der Waals surface area contributed by atoms with E-state index in [9.17, 15) is 4.79 Å². The molecule has 0 fully saturated rings. The van der Waals surface area contributed by atoms with Gasteiger partial charge in [0.05, 0.1) is 16.2 Å². The Morgan fingerprint density at radius 2 is 2.15 bits per heavy atom. The van der Waals surface area contributed by atoms with Gasteiger partial charge < -0.3 is 4.90 Å². The minimum Gasteiger partial charge on any atom is -0.340 e. The van der Waals surface area contributed by atoms with Crippen LogP contribution in [0.5, 0.6) is 0 Å². The molecule has 4 nitrogen and oxygen atoms in total. The molecule has 0 N–H and O–H groups in total. The number of likely N-dealkylation sites (N-methyl/N-ethyl adjacent to an activating group) is 1. The van der Waals surface area contributed by atoms with Gasteiger partial charge in [-0.2, -0.15) is 0 Å². The van der Waals surface area contributed by atoms with Gasteiger partial charge in [-0.1, -0.05) is 13.8 Å². The van der Waals surface area contributed by atoms with Crippen LogP contribution in [-0.4, -0.2) is 34.4 Å². The minimum atomic E-state index is -0.00433. The molecular weight excluding hydrogens is 290 g/mol. The van der Waals surface area contributed by atoms with E-state index in [0.29, 0.717) is 18.2 Å². The van der Waals surface area contributed by atoms with E-state index in [1.807, 2.05) is 24.9 Å². The fourth-order valence-corrected chi connectivity index (χ4v) is 3.36. The Balaban J connectivity index is 1.96. The summed E-state index contributed by atoms with van der Waals surface area (Å²) in [5.41, 5.74) is 3.47. The zero-order chi connectivity index (χ0) is 14.7. The Hall–Kier alpha value is -1.27. The third-order valence-corrected chi connectivity index (χ3v) is 5.24. The van der Waals surface area contributed by atoms with Crippen molar-refractivity contribution in [2.45, 2.75) is 33.1 Å². The number of hydrogen-bond acceptors (Lipinski definition) is 5. The zero-order valence-electron chi connectivity index (χ0n) is 12.2. The summed E-state index contributed by atoms with van der Waals surface area (Å²) in [7, 11) is 1.83. The number of amides is 1. The standard InChI is InChI=1S/C14H19N3OS2/c1-9(2)13-16-11(7-19-13)14(18)17(4)6-5-12-10(3)15-8-20-12/h7-9H,5-6H2,1-4H3. The number of carbonyl (C=O) groups excluding carboxylic acids is 1. The van der Waals surface area contributed by atoms with Crippen LogP contribution >= 0.6 is 22.7 Å². The fourth-order valence-electron chi connectivity index (χ4n) is 1.78. The summed E-state index contributed by atoms with van der Waals surface area (Å²) in [5.74, 6) is 0.363. The monoisotopic (exact) mass is 309 g/mol. The number of aromatic nitrogens is 2. The lowest BCUT2D eigenvalue weighted by Crippen LogP contribution is -2.29. The third-order valence-electron chi connectivity index (χ3n) is 3.10. The molecule has 2 rings (SSSR count). The van der Waals surface area contributed by atoms with Gasteiger partial charge in [-0.05, 0) is 6.92 Å². The van der Waals surface area contributed by atoms with Crippen LogP contribution in [0.1, 0.15) is 45.8 Å². The molecule has 2 heterocycles. The highest BCUT2D eigenvalue weighted by Gasteiger charge is 2.16. The van der Waals surface area contributed by atoms with Crippen molar-refractivity contribution >= 4 is 28.6 Å². The predicted molar refractivity (Wildman–Crippen MR) is 83.7 cm³/mol. The van der Waals surface area contributed by atoms with Crippen LogP contribution in [0.2, 0.25) is 0 Å². The molecular formula is C14H19N3OS2. The summed E-state index contributed by atoms with van der Waals surface area (Å²) < 4.78 is 0. The first-order valence-electron chi connectivity index (χ1n) is 6.59. The van der Waals surface area contributed by atoms with Crippen LogP contribution in [0, 0.1) is 6.92 Å². The molecule has 1 amide bonds. The summed E-state index contributed by atoms with van der Waals surface area (Å²) in [6, 6.07) is 0. The van der Waals surface area contributed by atoms with Crippen molar-refractivity contribution in [3.63, 3.8) is 0 Å². The Morgan fingerprint density at radius 3 is 2.70 bits per heavy atom. The molecule has 0 bridgehead atoms. The van der Waals surface area contributed by atoms with Crippen molar-refractivity contribution in [2.24, 2.45) is 0 Å². The molecule has 20 heavy (non-hydrogen) atoms. The van der Waals surface area contributed by atoms with Gasteiger partial charge in [0, 0.05) is 36.2 Å². The Kier molecular flexibility index (Phi) is 4.88. The van der Waals surface area contributed by atoms with E-state index in [4.69, 9.17) is 0 Å². The first kappa shape index (κ1) is 15.1. The second-order valence-corrected chi connectivity index (χ2v) is 6.89. The van der Waals surface area contributed by atoms with Gasteiger partial charge in [-0.3, -0.25) is 4.79 Å². The first-order valence-corrected chi connectivity index (χ1v) is 8.34. The van der Waals surface area contributed by atoms with E-state index in [1.54, 1.807) is 27.6 Å². The highest BCUT2D eigenvalue weighted by atomic mass is 32.1. The smallest absolute Gasteiger partial charge is 0.273 e. The lowest BCUT2D eigenvalue weighted by Gasteiger charge is -2.15. The lowest BCUT2D eigenvalue weighted by atomic mass is 10.2. The molecule has 0 aromatic carbocycles. The number of rotatable bonds is 5. The van der Waals surface area contributed by atoms with Crippen LogP contribution in [-0.2, 0) is 6.42 Å². The van der Waals surface area contributed by atoms with Gasteiger partial charge in [0.2, 0.25) is 0 Å². The second-order valence-electron chi connectivity index (χ2n) is 5.06. The van der Waals surface area contributed by atoms with Crippen LogP contribution < -0.4 is 0 Å². The Labute approximate surface area is 127 Å². The van der Waals surface area contributed by atoms with Crippen molar-refractivity contribution < 1.29 is 4.79 Å². The molecule has 0 aliphatic rings. The van der Waals surface area contributed by atoms with Gasteiger partial charge in [0.15, 0.2) is 0 Å². The first-order chi connectivity index (χ1) is 9.49. The highest BCUT2D eigenvalue weighted by Crippen LogP contribution is 2.20. The van der Waals surface area contributed by atoms with Crippen molar-refractivity contribution in [1.82, 2.24) is 14.9 Å². The molecule has 0 saturated heterocycles. The quantitative estimate of drug-likeness (QED) is 0.851. The van der Waals surface area contributed by atoms with Gasteiger partial charge >= 0.3 is 0 Å². The molecule has 6 heteroatoms. The van der Waals surface area contributed by atoms with Crippen molar-refractivity contribution in [2.75, 3.05) is 13.6 Å². The van der Waals surface area contributed by atoms with Gasteiger partial charge in [0.25, 0.3) is 5.91 Å². The summed E-state index contributed by atoms with van der Waals surface area (Å²) in [6.07, 6.45) is 0.847. The summed E-state index contributed by atoms with van der Waals surface area (Å²) in [5, 5.41) is 2.87. The van der Waals surface area contributed by atoms with E-state index < -0.39 is 0 Å². The maximum atomic E-state index is 12.3.